The number of primary amides is 1. The first-order valence-electron chi connectivity index (χ1n) is 6.74. The van der Waals surface area contributed by atoms with Crippen molar-refractivity contribution in [2.24, 2.45) is 11.7 Å². The number of carbonyl (C=O) groups is 2. The maximum absolute atomic E-state index is 12.2. The lowest BCUT2D eigenvalue weighted by Crippen LogP contribution is -2.48. The Balaban J connectivity index is 2.08. The third-order valence-electron chi connectivity index (χ3n) is 3.78. The number of nitrogens with two attached hydrogens (primary N) is 1. The molecule has 0 saturated carbocycles. The number of aryl methyl sites for hydroxylation is 2. The SMILES string of the molecule is CCC(C)C(NC(=O)c1cc2c(s1)CCC2)C(N)=O. The van der Waals surface area contributed by atoms with Crippen molar-refractivity contribution in [3.63, 3.8) is 0 Å². The number of carbonyl (C=O) groups excluding carboxylic acids is 2. The van der Waals surface area contributed by atoms with Crippen LogP contribution < -0.4 is 11.1 Å². The van der Waals surface area contributed by atoms with E-state index in [0.717, 1.165) is 19.3 Å². The molecular formula is C14H20N2O2S. The van der Waals surface area contributed by atoms with Gasteiger partial charge >= 0.3 is 0 Å². The van der Waals surface area contributed by atoms with Crippen molar-refractivity contribution in [3.05, 3.63) is 21.4 Å². The van der Waals surface area contributed by atoms with Crippen molar-refractivity contribution in [2.75, 3.05) is 0 Å². The lowest BCUT2D eigenvalue weighted by molar-refractivity contribution is -0.120. The molecule has 0 aromatic carbocycles. The molecule has 1 aliphatic rings. The van der Waals surface area contributed by atoms with Crippen LogP contribution in [0.4, 0.5) is 0 Å². The van der Waals surface area contributed by atoms with E-state index in [1.165, 1.54) is 28.2 Å². The van der Waals surface area contributed by atoms with E-state index in [1.807, 2.05) is 19.9 Å². The van der Waals surface area contributed by atoms with Crippen LogP contribution in [0.2, 0.25) is 0 Å². The molecule has 0 fully saturated rings. The maximum Gasteiger partial charge on any atom is 0.262 e. The molecule has 104 valence electrons. The number of hydrogen-bond acceptors (Lipinski definition) is 3. The smallest absolute Gasteiger partial charge is 0.262 e. The highest BCUT2D eigenvalue weighted by molar-refractivity contribution is 7.14. The second-order valence-electron chi connectivity index (χ2n) is 5.15. The highest BCUT2D eigenvalue weighted by Gasteiger charge is 2.26. The Morgan fingerprint density at radius 2 is 2.21 bits per heavy atom. The van der Waals surface area contributed by atoms with E-state index in [0.29, 0.717) is 4.88 Å². The molecule has 1 aliphatic carbocycles. The van der Waals surface area contributed by atoms with Gasteiger partial charge in [0, 0.05) is 4.88 Å². The fraction of sp³-hybridized carbons (Fsp3) is 0.571. The van der Waals surface area contributed by atoms with Crippen molar-refractivity contribution >= 4 is 23.2 Å². The van der Waals surface area contributed by atoms with Crippen molar-refractivity contribution in [1.82, 2.24) is 5.32 Å². The highest BCUT2D eigenvalue weighted by atomic mass is 32.1. The molecule has 0 aliphatic heterocycles. The second kappa shape index (κ2) is 5.74. The fourth-order valence-electron chi connectivity index (χ4n) is 2.38. The Morgan fingerprint density at radius 1 is 1.47 bits per heavy atom. The predicted octanol–water partition coefficient (Wildman–Crippen LogP) is 1.87. The molecule has 2 unspecified atom stereocenters. The fourth-order valence-corrected chi connectivity index (χ4v) is 3.54. The summed E-state index contributed by atoms with van der Waals surface area (Å²) in [5.41, 5.74) is 6.65. The summed E-state index contributed by atoms with van der Waals surface area (Å²) in [7, 11) is 0. The van der Waals surface area contributed by atoms with Gasteiger partial charge in [0.1, 0.15) is 6.04 Å². The van der Waals surface area contributed by atoms with E-state index < -0.39 is 11.9 Å². The summed E-state index contributed by atoms with van der Waals surface area (Å²) in [6.45, 7) is 3.90. The Kier molecular flexibility index (Phi) is 4.24. The Hall–Kier alpha value is -1.36. The van der Waals surface area contributed by atoms with Crippen molar-refractivity contribution < 1.29 is 9.59 Å². The molecule has 0 spiro atoms. The zero-order valence-electron chi connectivity index (χ0n) is 11.4. The van der Waals surface area contributed by atoms with Gasteiger partial charge in [-0.2, -0.15) is 0 Å². The Morgan fingerprint density at radius 3 is 2.79 bits per heavy atom. The molecule has 3 N–H and O–H groups in total. The van der Waals surface area contributed by atoms with Crippen LogP contribution >= 0.6 is 11.3 Å². The van der Waals surface area contributed by atoms with Gasteiger partial charge in [0.2, 0.25) is 5.91 Å². The topological polar surface area (TPSA) is 72.2 Å². The monoisotopic (exact) mass is 280 g/mol. The molecule has 0 saturated heterocycles. The van der Waals surface area contributed by atoms with E-state index in [4.69, 9.17) is 5.73 Å². The molecule has 2 rings (SSSR count). The first-order chi connectivity index (χ1) is 9.02. The van der Waals surface area contributed by atoms with Crippen LogP contribution in [0.25, 0.3) is 0 Å². The first-order valence-corrected chi connectivity index (χ1v) is 7.56. The van der Waals surface area contributed by atoms with Crippen LogP contribution in [0.15, 0.2) is 6.07 Å². The number of hydrogen-bond donors (Lipinski definition) is 2. The average molecular weight is 280 g/mol. The van der Waals surface area contributed by atoms with E-state index in [9.17, 15) is 9.59 Å². The number of nitrogens with one attached hydrogen (secondary N) is 1. The zero-order chi connectivity index (χ0) is 14.0. The standard InChI is InChI=1S/C14H20N2O2S/c1-3-8(2)12(13(15)17)16-14(18)11-7-9-5-4-6-10(9)19-11/h7-8,12H,3-6H2,1-2H3,(H2,15,17)(H,16,18). The maximum atomic E-state index is 12.2. The molecule has 4 nitrogen and oxygen atoms in total. The molecule has 2 atom stereocenters. The van der Waals surface area contributed by atoms with Crippen LogP contribution in [-0.4, -0.2) is 17.9 Å². The van der Waals surface area contributed by atoms with Crippen LogP contribution in [0.5, 0.6) is 0 Å². The minimum atomic E-state index is -0.588. The number of rotatable bonds is 5. The van der Waals surface area contributed by atoms with Gasteiger partial charge in [-0.25, -0.2) is 0 Å². The quantitative estimate of drug-likeness (QED) is 0.864. The number of amides is 2. The summed E-state index contributed by atoms with van der Waals surface area (Å²) in [6, 6.07) is 1.37. The molecule has 1 heterocycles. The van der Waals surface area contributed by atoms with Gasteiger partial charge in [-0.05, 0) is 36.8 Å². The van der Waals surface area contributed by atoms with Crippen LogP contribution in [0.1, 0.15) is 46.8 Å². The highest BCUT2D eigenvalue weighted by Crippen LogP contribution is 2.30. The second-order valence-corrected chi connectivity index (χ2v) is 6.29. The lowest BCUT2D eigenvalue weighted by Gasteiger charge is -2.20. The van der Waals surface area contributed by atoms with Crippen molar-refractivity contribution in [3.8, 4) is 0 Å². The molecule has 0 bridgehead atoms. The number of thiophene rings is 1. The van der Waals surface area contributed by atoms with Gasteiger partial charge in [0.05, 0.1) is 4.88 Å². The molecule has 2 amide bonds. The summed E-state index contributed by atoms with van der Waals surface area (Å²) in [6.07, 6.45) is 4.11. The normalized spacial score (nSPS) is 16.7. The summed E-state index contributed by atoms with van der Waals surface area (Å²) in [5, 5.41) is 2.77. The van der Waals surface area contributed by atoms with Crippen molar-refractivity contribution in [2.45, 2.75) is 45.6 Å². The molecule has 5 heteroatoms. The van der Waals surface area contributed by atoms with Crippen LogP contribution in [0.3, 0.4) is 0 Å². The van der Waals surface area contributed by atoms with Crippen LogP contribution in [0, 0.1) is 5.92 Å². The van der Waals surface area contributed by atoms with Gasteiger partial charge in [0.15, 0.2) is 0 Å². The molecule has 1 aromatic rings. The minimum Gasteiger partial charge on any atom is -0.368 e. The summed E-state index contributed by atoms with van der Waals surface area (Å²) in [5.74, 6) is -0.594. The third-order valence-corrected chi connectivity index (χ3v) is 5.01. The van der Waals surface area contributed by atoms with Crippen molar-refractivity contribution in [1.29, 1.82) is 0 Å². The van der Waals surface area contributed by atoms with E-state index in [2.05, 4.69) is 5.32 Å². The molecule has 1 aromatic heterocycles. The summed E-state index contributed by atoms with van der Waals surface area (Å²) in [4.78, 5) is 25.6. The molecule has 0 radical (unpaired) electrons. The Labute approximate surface area is 117 Å². The molecule has 19 heavy (non-hydrogen) atoms. The van der Waals surface area contributed by atoms with Crippen LogP contribution in [-0.2, 0) is 17.6 Å². The van der Waals surface area contributed by atoms with Gasteiger partial charge in [-0.3, -0.25) is 9.59 Å². The first kappa shape index (κ1) is 14.1. The minimum absolute atomic E-state index is 0.0493. The van der Waals surface area contributed by atoms with E-state index in [1.54, 1.807) is 0 Å². The van der Waals surface area contributed by atoms with Gasteiger partial charge < -0.3 is 11.1 Å². The number of fused-ring (bicyclic) bond motifs is 1. The summed E-state index contributed by atoms with van der Waals surface area (Å²) >= 11 is 1.54. The lowest BCUT2D eigenvalue weighted by atomic mass is 9.98. The summed E-state index contributed by atoms with van der Waals surface area (Å²) < 4.78 is 0. The van der Waals surface area contributed by atoms with Gasteiger partial charge in [-0.1, -0.05) is 20.3 Å². The largest absolute Gasteiger partial charge is 0.368 e. The van der Waals surface area contributed by atoms with E-state index in [-0.39, 0.29) is 11.8 Å². The third kappa shape index (κ3) is 2.97. The van der Waals surface area contributed by atoms with Gasteiger partial charge in [0.25, 0.3) is 5.91 Å². The van der Waals surface area contributed by atoms with E-state index >= 15 is 0 Å². The predicted molar refractivity (Wildman–Crippen MR) is 76.2 cm³/mol. The van der Waals surface area contributed by atoms with Gasteiger partial charge in [-0.15, -0.1) is 11.3 Å². The Bertz CT molecular complexity index is 474. The zero-order valence-corrected chi connectivity index (χ0v) is 12.2. The average Bonchev–Trinajstić information content (AvgIpc) is 2.94. The molecular weight excluding hydrogens is 260 g/mol.